The molecule has 0 radical (unpaired) electrons. The number of thioether (sulfide) groups is 1. The summed E-state index contributed by atoms with van der Waals surface area (Å²) < 4.78 is 0. The third kappa shape index (κ3) is 3.49. The van der Waals surface area contributed by atoms with Crippen LogP contribution in [-0.2, 0) is 12.0 Å². The lowest BCUT2D eigenvalue weighted by Gasteiger charge is -2.29. The maximum atomic E-state index is 2.58. The van der Waals surface area contributed by atoms with Crippen molar-refractivity contribution < 1.29 is 0 Å². The van der Waals surface area contributed by atoms with Gasteiger partial charge in [0.1, 0.15) is 0 Å². The van der Waals surface area contributed by atoms with Gasteiger partial charge in [-0.15, -0.1) is 0 Å². The van der Waals surface area contributed by atoms with Crippen LogP contribution in [0.5, 0.6) is 0 Å². The molecular weight excluding hydrogens is 226 g/mol. The van der Waals surface area contributed by atoms with Crippen LogP contribution in [0.1, 0.15) is 31.9 Å². The molecule has 0 N–H and O–H groups in total. The van der Waals surface area contributed by atoms with Gasteiger partial charge in [-0.2, -0.15) is 11.8 Å². The van der Waals surface area contributed by atoms with E-state index in [1.165, 1.54) is 35.7 Å². The molecule has 1 aromatic carbocycles. The van der Waals surface area contributed by atoms with Crippen molar-refractivity contribution in [3.05, 3.63) is 35.4 Å². The third-order valence-corrected chi connectivity index (χ3v) is 4.27. The summed E-state index contributed by atoms with van der Waals surface area (Å²) in [7, 11) is 0. The van der Waals surface area contributed by atoms with Gasteiger partial charge in [-0.25, -0.2) is 0 Å². The SMILES string of the molecule is CC(C)(C)c1ccccc1CN1CCSCC1. The highest BCUT2D eigenvalue weighted by Crippen LogP contribution is 2.27. The molecule has 1 aromatic rings. The largest absolute Gasteiger partial charge is 0.297 e. The Morgan fingerprint density at radius 3 is 2.41 bits per heavy atom. The van der Waals surface area contributed by atoms with Gasteiger partial charge in [0.2, 0.25) is 0 Å². The van der Waals surface area contributed by atoms with Crippen LogP contribution in [0.4, 0.5) is 0 Å². The summed E-state index contributed by atoms with van der Waals surface area (Å²) in [5.41, 5.74) is 3.26. The van der Waals surface area contributed by atoms with E-state index in [0.717, 1.165) is 6.54 Å². The van der Waals surface area contributed by atoms with E-state index in [1.807, 2.05) is 0 Å². The number of rotatable bonds is 2. The maximum Gasteiger partial charge on any atom is 0.0237 e. The molecule has 0 unspecified atom stereocenters. The van der Waals surface area contributed by atoms with Crippen LogP contribution in [0, 0.1) is 0 Å². The first kappa shape index (κ1) is 13.0. The van der Waals surface area contributed by atoms with E-state index in [1.54, 1.807) is 0 Å². The average molecular weight is 249 g/mol. The Balaban J connectivity index is 2.14. The van der Waals surface area contributed by atoms with E-state index in [4.69, 9.17) is 0 Å². The molecule has 2 heteroatoms. The molecule has 94 valence electrons. The Hall–Kier alpha value is -0.470. The van der Waals surface area contributed by atoms with Gasteiger partial charge in [-0.05, 0) is 16.5 Å². The van der Waals surface area contributed by atoms with Crippen molar-refractivity contribution in [2.75, 3.05) is 24.6 Å². The van der Waals surface area contributed by atoms with Gasteiger partial charge in [-0.1, -0.05) is 45.0 Å². The van der Waals surface area contributed by atoms with Gasteiger partial charge < -0.3 is 0 Å². The molecule has 1 saturated heterocycles. The minimum Gasteiger partial charge on any atom is -0.297 e. The van der Waals surface area contributed by atoms with Crippen molar-refractivity contribution in [2.45, 2.75) is 32.7 Å². The van der Waals surface area contributed by atoms with Crippen LogP contribution >= 0.6 is 11.8 Å². The van der Waals surface area contributed by atoms with Crippen LogP contribution < -0.4 is 0 Å². The molecule has 0 atom stereocenters. The van der Waals surface area contributed by atoms with E-state index in [9.17, 15) is 0 Å². The minimum atomic E-state index is 0.251. The summed E-state index contributed by atoms with van der Waals surface area (Å²) in [5, 5.41) is 0. The molecule has 17 heavy (non-hydrogen) atoms. The Bertz CT molecular complexity index is 361. The Kier molecular flexibility index (Phi) is 4.16. The summed E-state index contributed by atoms with van der Waals surface area (Å²) in [6.45, 7) is 10.5. The molecule has 1 nitrogen and oxygen atoms in total. The fourth-order valence-electron chi connectivity index (χ4n) is 2.39. The predicted octanol–water partition coefficient (Wildman–Crippen LogP) is 3.53. The molecule has 0 aliphatic carbocycles. The lowest BCUT2D eigenvalue weighted by Crippen LogP contribution is -2.32. The molecule has 0 aromatic heterocycles. The van der Waals surface area contributed by atoms with Crippen molar-refractivity contribution in [3.63, 3.8) is 0 Å². The highest BCUT2D eigenvalue weighted by Gasteiger charge is 2.19. The van der Waals surface area contributed by atoms with Gasteiger partial charge in [0, 0.05) is 31.1 Å². The summed E-state index contributed by atoms with van der Waals surface area (Å²) >= 11 is 2.08. The van der Waals surface area contributed by atoms with E-state index in [0.29, 0.717) is 0 Å². The van der Waals surface area contributed by atoms with Crippen LogP contribution in [-0.4, -0.2) is 29.5 Å². The van der Waals surface area contributed by atoms with E-state index in [-0.39, 0.29) is 5.41 Å². The fraction of sp³-hybridized carbons (Fsp3) is 0.600. The molecule has 2 rings (SSSR count). The summed E-state index contributed by atoms with van der Waals surface area (Å²) in [5.74, 6) is 2.58. The van der Waals surface area contributed by atoms with Crippen molar-refractivity contribution >= 4 is 11.8 Å². The quantitative estimate of drug-likeness (QED) is 0.789. The zero-order valence-corrected chi connectivity index (χ0v) is 12.0. The second-order valence-electron chi connectivity index (χ2n) is 5.80. The topological polar surface area (TPSA) is 3.24 Å². The highest BCUT2D eigenvalue weighted by atomic mass is 32.2. The van der Waals surface area contributed by atoms with Gasteiger partial charge in [0.25, 0.3) is 0 Å². The van der Waals surface area contributed by atoms with Crippen molar-refractivity contribution in [1.82, 2.24) is 4.90 Å². The van der Waals surface area contributed by atoms with E-state index >= 15 is 0 Å². The zero-order valence-electron chi connectivity index (χ0n) is 11.2. The molecular formula is C15H23NS. The molecule has 1 aliphatic heterocycles. The molecule has 1 fully saturated rings. The molecule has 0 spiro atoms. The molecule has 0 amide bonds. The van der Waals surface area contributed by atoms with Gasteiger partial charge in [-0.3, -0.25) is 4.90 Å². The standard InChI is InChI=1S/C15H23NS/c1-15(2,3)14-7-5-4-6-13(14)12-16-8-10-17-11-9-16/h4-7H,8-12H2,1-3H3. The summed E-state index contributed by atoms with van der Waals surface area (Å²) in [4.78, 5) is 2.58. The smallest absolute Gasteiger partial charge is 0.0237 e. The van der Waals surface area contributed by atoms with E-state index < -0.39 is 0 Å². The minimum absolute atomic E-state index is 0.251. The normalized spacial score (nSPS) is 18.3. The second kappa shape index (κ2) is 5.45. The van der Waals surface area contributed by atoms with Gasteiger partial charge in [0.05, 0.1) is 0 Å². The van der Waals surface area contributed by atoms with Crippen LogP contribution in [0.2, 0.25) is 0 Å². The monoisotopic (exact) mass is 249 g/mol. The Morgan fingerprint density at radius 1 is 1.12 bits per heavy atom. The Labute approximate surface area is 110 Å². The first-order valence-corrected chi connectivity index (χ1v) is 7.61. The zero-order chi connectivity index (χ0) is 12.3. The number of benzene rings is 1. The molecule has 1 heterocycles. The van der Waals surface area contributed by atoms with Gasteiger partial charge >= 0.3 is 0 Å². The fourth-order valence-corrected chi connectivity index (χ4v) is 3.37. The molecule has 0 bridgehead atoms. The number of hydrogen-bond acceptors (Lipinski definition) is 2. The lowest BCUT2D eigenvalue weighted by molar-refractivity contribution is 0.292. The van der Waals surface area contributed by atoms with Crippen LogP contribution in [0.25, 0.3) is 0 Å². The number of hydrogen-bond donors (Lipinski definition) is 0. The predicted molar refractivity (Wildman–Crippen MR) is 77.7 cm³/mol. The second-order valence-corrected chi connectivity index (χ2v) is 7.02. The first-order chi connectivity index (χ1) is 8.07. The number of nitrogens with zero attached hydrogens (tertiary/aromatic N) is 1. The van der Waals surface area contributed by atoms with Crippen LogP contribution in [0.3, 0.4) is 0 Å². The van der Waals surface area contributed by atoms with Crippen molar-refractivity contribution in [1.29, 1.82) is 0 Å². The molecule has 1 aliphatic rings. The maximum absolute atomic E-state index is 2.58. The first-order valence-electron chi connectivity index (χ1n) is 6.46. The summed E-state index contributed by atoms with van der Waals surface area (Å²) in [6, 6.07) is 8.91. The van der Waals surface area contributed by atoms with Crippen molar-refractivity contribution in [3.8, 4) is 0 Å². The third-order valence-electron chi connectivity index (χ3n) is 3.32. The average Bonchev–Trinajstić information content (AvgIpc) is 2.30. The molecule has 0 saturated carbocycles. The van der Waals surface area contributed by atoms with Crippen molar-refractivity contribution in [2.24, 2.45) is 0 Å². The van der Waals surface area contributed by atoms with Crippen LogP contribution in [0.15, 0.2) is 24.3 Å². The lowest BCUT2D eigenvalue weighted by atomic mass is 9.83. The summed E-state index contributed by atoms with van der Waals surface area (Å²) in [6.07, 6.45) is 0. The Morgan fingerprint density at radius 2 is 1.76 bits per heavy atom. The highest BCUT2D eigenvalue weighted by molar-refractivity contribution is 7.99. The van der Waals surface area contributed by atoms with E-state index in [2.05, 4.69) is 61.7 Å². The van der Waals surface area contributed by atoms with Gasteiger partial charge in [0.15, 0.2) is 0 Å².